The van der Waals surface area contributed by atoms with Crippen LogP contribution < -0.4 is 5.32 Å². The zero-order valence-corrected chi connectivity index (χ0v) is 26.3. The van der Waals surface area contributed by atoms with E-state index in [1.165, 1.54) is 24.1 Å². The third kappa shape index (κ3) is 5.57. The number of hydrogen-bond acceptors (Lipinski definition) is 7. The molecule has 0 spiro atoms. The molecule has 0 atom stereocenters. The van der Waals surface area contributed by atoms with Crippen molar-refractivity contribution in [1.82, 2.24) is 39.7 Å². The molecule has 1 N–H and O–H groups in total. The Morgan fingerprint density at radius 1 is 0.956 bits per heavy atom. The van der Waals surface area contributed by atoms with Crippen LogP contribution in [0.25, 0.3) is 33.3 Å². The molecule has 0 saturated carbocycles. The molecule has 236 valence electrons. The molecular formula is C35H44N8O2. The molecule has 0 bridgehead atoms. The van der Waals surface area contributed by atoms with Crippen LogP contribution in [-0.2, 0) is 22.5 Å². The molecule has 4 aromatic rings. The minimum atomic E-state index is 0.113. The average molecular weight is 609 g/mol. The highest BCUT2D eigenvalue weighted by atomic mass is 16.5. The number of carbonyl (C=O) groups is 1. The van der Waals surface area contributed by atoms with Crippen LogP contribution in [0.1, 0.15) is 68.8 Å². The van der Waals surface area contributed by atoms with Gasteiger partial charge in [-0.3, -0.25) is 19.1 Å². The fraction of sp³-hybridized carbons (Fsp3) is 0.543. The van der Waals surface area contributed by atoms with Crippen molar-refractivity contribution >= 4 is 16.7 Å². The van der Waals surface area contributed by atoms with Gasteiger partial charge in [0.05, 0.1) is 29.7 Å². The molecule has 8 rings (SSSR count). The summed E-state index contributed by atoms with van der Waals surface area (Å²) < 4.78 is 10.1. The number of ether oxygens (including phenoxy) is 1. The number of pyridine rings is 1. The van der Waals surface area contributed by atoms with Gasteiger partial charge in [0, 0.05) is 98.9 Å². The summed E-state index contributed by atoms with van der Waals surface area (Å²) >= 11 is 0. The normalized spacial score (nSPS) is 21.0. The molecular weight excluding hydrogens is 564 g/mol. The molecule has 10 nitrogen and oxygen atoms in total. The molecule has 1 aromatic carbocycles. The van der Waals surface area contributed by atoms with Crippen LogP contribution in [0.2, 0.25) is 0 Å². The minimum Gasteiger partial charge on any atom is -0.381 e. The third-order valence-electron chi connectivity index (χ3n) is 10.7. The molecule has 10 heteroatoms. The highest BCUT2D eigenvalue weighted by Crippen LogP contribution is 2.38. The Balaban J connectivity index is 1.06. The smallest absolute Gasteiger partial charge is 0.219 e. The zero-order valence-electron chi connectivity index (χ0n) is 26.3. The molecule has 0 aliphatic carbocycles. The van der Waals surface area contributed by atoms with Crippen LogP contribution in [0.5, 0.6) is 0 Å². The topological polar surface area (TPSA) is 93.3 Å². The lowest BCUT2D eigenvalue weighted by Crippen LogP contribution is -2.46. The van der Waals surface area contributed by atoms with E-state index in [9.17, 15) is 4.79 Å². The summed E-state index contributed by atoms with van der Waals surface area (Å²) in [6.07, 6.45) is 13.7. The highest BCUT2D eigenvalue weighted by molar-refractivity contribution is 5.97. The lowest BCUT2D eigenvalue weighted by Gasteiger charge is -2.39. The van der Waals surface area contributed by atoms with Crippen molar-refractivity contribution in [3.63, 3.8) is 0 Å². The monoisotopic (exact) mass is 608 g/mol. The van der Waals surface area contributed by atoms with Gasteiger partial charge in [0.15, 0.2) is 0 Å². The first-order valence-corrected chi connectivity index (χ1v) is 16.9. The van der Waals surface area contributed by atoms with Gasteiger partial charge in [0.25, 0.3) is 0 Å². The molecule has 0 radical (unpaired) electrons. The van der Waals surface area contributed by atoms with Crippen molar-refractivity contribution in [3.8, 4) is 22.5 Å². The summed E-state index contributed by atoms with van der Waals surface area (Å²) in [6, 6.07) is 10.1. The second kappa shape index (κ2) is 12.3. The van der Waals surface area contributed by atoms with Gasteiger partial charge in [-0.25, -0.2) is 0 Å². The van der Waals surface area contributed by atoms with Gasteiger partial charge >= 0.3 is 0 Å². The Morgan fingerprint density at radius 2 is 1.78 bits per heavy atom. The summed E-state index contributed by atoms with van der Waals surface area (Å²) in [5.74, 6) is 0.113. The minimum absolute atomic E-state index is 0.113. The molecule has 4 aliphatic rings. The molecule has 4 aliphatic heterocycles. The molecule has 0 unspecified atom stereocenters. The maximum atomic E-state index is 12.4. The number of aromatic nitrogens is 5. The van der Waals surface area contributed by atoms with Gasteiger partial charge in [0.1, 0.15) is 0 Å². The third-order valence-corrected chi connectivity index (χ3v) is 10.7. The Hall–Kier alpha value is -3.60. The van der Waals surface area contributed by atoms with E-state index in [0.717, 1.165) is 117 Å². The second-order valence-corrected chi connectivity index (χ2v) is 13.3. The standard InChI is InChI=1S/C35H44N8O2/c1-24(44)41-16-9-34-32(23-41)35(39-43(34)29-10-17-45-18-11-29)30-4-2-3-25-19-33(37-21-31(25)30)26-20-38-42(22-26)28-7-14-40(15-8-28)27-5-12-36-13-6-27/h2-4,19-22,27-29,36H,5-18,23H2,1H3. The van der Waals surface area contributed by atoms with Crippen molar-refractivity contribution in [1.29, 1.82) is 0 Å². The Bertz CT molecular complexity index is 1670. The van der Waals surface area contributed by atoms with Crippen molar-refractivity contribution in [2.75, 3.05) is 45.9 Å². The predicted molar refractivity (Wildman–Crippen MR) is 174 cm³/mol. The van der Waals surface area contributed by atoms with Gasteiger partial charge in [-0.1, -0.05) is 18.2 Å². The number of amides is 1. The maximum absolute atomic E-state index is 12.4. The zero-order chi connectivity index (χ0) is 30.3. The second-order valence-electron chi connectivity index (χ2n) is 13.3. The molecule has 3 fully saturated rings. The lowest BCUT2D eigenvalue weighted by molar-refractivity contribution is -0.129. The van der Waals surface area contributed by atoms with Crippen LogP contribution in [0, 0.1) is 0 Å². The largest absolute Gasteiger partial charge is 0.381 e. The Kier molecular flexibility index (Phi) is 7.89. The van der Waals surface area contributed by atoms with Gasteiger partial charge in [-0.05, 0) is 63.1 Å². The number of piperidine rings is 2. The van der Waals surface area contributed by atoms with E-state index < -0.39 is 0 Å². The fourth-order valence-electron chi connectivity index (χ4n) is 8.06. The number of hydrogen-bond donors (Lipinski definition) is 1. The van der Waals surface area contributed by atoms with E-state index in [4.69, 9.17) is 19.9 Å². The number of fused-ring (bicyclic) bond motifs is 2. The van der Waals surface area contributed by atoms with Gasteiger partial charge in [0.2, 0.25) is 5.91 Å². The van der Waals surface area contributed by atoms with E-state index in [1.807, 2.05) is 17.3 Å². The summed E-state index contributed by atoms with van der Waals surface area (Å²) in [5, 5.41) is 15.8. The Labute approximate surface area is 264 Å². The summed E-state index contributed by atoms with van der Waals surface area (Å²) in [4.78, 5) is 22.0. The quantitative estimate of drug-likeness (QED) is 0.354. The number of nitrogens with zero attached hydrogens (tertiary/aromatic N) is 7. The summed E-state index contributed by atoms with van der Waals surface area (Å²) in [6.45, 7) is 9.13. The molecule has 1 amide bonds. The lowest BCUT2D eigenvalue weighted by atomic mass is 9.96. The number of benzene rings is 1. The van der Waals surface area contributed by atoms with E-state index >= 15 is 0 Å². The van der Waals surface area contributed by atoms with Crippen molar-refractivity contribution in [3.05, 3.63) is 54.1 Å². The number of nitrogens with one attached hydrogen (secondary N) is 1. The van der Waals surface area contributed by atoms with Gasteiger partial charge < -0.3 is 19.9 Å². The molecule has 7 heterocycles. The van der Waals surface area contributed by atoms with Crippen LogP contribution in [-0.4, -0.2) is 92.2 Å². The van der Waals surface area contributed by atoms with Crippen LogP contribution in [0.4, 0.5) is 0 Å². The van der Waals surface area contributed by atoms with Crippen LogP contribution in [0.15, 0.2) is 42.9 Å². The van der Waals surface area contributed by atoms with E-state index in [-0.39, 0.29) is 5.91 Å². The average Bonchev–Trinajstić information content (AvgIpc) is 3.74. The molecule has 45 heavy (non-hydrogen) atoms. The van der Waals surface area contributed by atoms with E-state index in [0.29, 0.717) is 18.6 Å². The SMILES string of the molecule is CC(=O)N1CCc2c(c(-c3cccc4cc(-c5cnn(C6CCN(C7CCNCC7)CC6)c5)ncc34)nn2C2CCOCC2)C1. The summed E-state index contributed by atoms with van der Waals surface area (Å²) in [5.41, 5.74) is 6.50. The predicted octanol–water partition coefficient (Wildman–Crippen LogP) is 4.61. The van der Waals surface area contributed by atoms with Crippen LogP contribution >= 0.6 is 0 Å². The number of carbonyl (C=O) groups excluding carboxylic acids is 1. The van der Waals surface area contributed by atoms with Crippen LogP contribution in [0.3, 0.4) is 0 Å². The van der Waals surface area contributed by atoms with Crippen molar-refractivity contribution in [2.45, 2.75) is 76.5 Å². The first kappa shape index (κ1) is 28.8. The Morgan fingerprint density at radius 3 is 2.58 bits per heavy atom. The maximum Gasteiger partial charge on any atom is 0.219 e. The van der Waals surface area contributed by atoms with Crippen molar-refractivity contribution < 1.29 is 9.53 Å². The van der Waals surface area contributed by atoms with Crippen molar-refractivity contribution in [2.24, 2.45) is 0 Å². The number of likely N-dealkylation sites (tertiary alicyclic amines) is 1. The highest BCUT2D eigenvalue weighted by Gasteiger charge is 2.31. The molecule has 3 saturated heterocycles. The van der Waals surface area contributed by atoms with E-state index in [2.05, 4.69) is 50.0 Å². The van der Waals surface area contributed by atoms with Gasteiger partial charge in [-0.15, -0.1) is 0 Å². The summed E-state index contributed by atoms with van der Waals surface area (Å²) in [7, 11) is 0. The first-order chi connectivity index (χ1) is 22.1. The fourth-order valence-corrected chi connectivity index (χ4v) is 8.06. The molecule has 3 aromatic heterocycles. The number of rotatable bonds is 5. The van der Waals surface area contributed by atoms with Gasteiger partial charge in [-0.2, -0.15) is 10.2 Å². The first-order valence-electron chi connectivity index (χ1n) is 16.9. The van der Waals surface area contributed by atoms with E-state index in [1.54, 1.807) is 6.92 Å².